The van der Waals surface area contributed by atoms with Gasteiger partial charge in [0.25, 0.3) is 5.91 Å². The maximum absolute atomic E-state index is 12.7. The summed E-state index contributed by atoms with van der Waals surface area (Å²) in [6.45, 7) is 3.76. The maximum atomic E-state index is 12.7. The van der Waals surface area contributed by atoms with Gasteiger partial charge in [-0.25, -0.2) is 4.79 Å². The summed E-state index contributed by atoms with van der Waals surface area (Å²) in [5.41, 5.74) is -0.102. The summed E-state index contributed by atoms with van der Waals surface area (Å²) in [5, 5.41) is 17.5. The Bertz CT molecular complexity index is 807. The third-order valence-electron chi connectivity index (χ3n) is 5.85. The van der Waals surface area contributed by atoms with E-state index in [1.165, 1.54) is 23.6 Å². The molecule has 3 amide bonds. The molecule has 3 aliphatic heterocycles. The van der Waals surface area contributed by atoms with Gasteiger partial charge in [-0.2, -0.15) is 8.78 Å². The van der Waals surface area contributed by atoms with Crippen molar-refractivity contribution >= 4 is 35.5 Å². The topological polar surface area (TPSA) is 128 Å². The van der Waals surface area contributed by atoms with Gasteiger partial charge in [-0.15, -0.1) is 11.8 Å². The number of fused-ring (bicyclic) bond motifs is 1. The molecular formula is C18H24F2N4O5S. The smallest absolute Gasteiger partial charge is 0.353 e. The minimum atomic E-state index is -3.19. The van der Waals surface area contributed by atoms with Gasteiger partial charge in [0.2, 0.25) is 11.8 Å². The molecule has 0 aromatic heterocycles. The van der Waals surface area contributed by atoms with Crippen LogP contribution in [0.5, 0.6) is 0 Å². The van der Waals surface area contributed by atoms with Crippen LogP contribution in [-0.2, 0) is 19.2 Å². The van der Waals surface area contributed by atoms with Crippen LogP contribution in [-0.4, -0.2) is 77.1 Å². The minimum absolute atomic E-state index is 0.0534. The Kier molecular flexibility index (Phi) is 6.37. The zero-order valence-corrected chi connectivity index (χ0v) is 17.5. The van der Waals surface area contributed by atoms with Crippen molar-refractivity contribution in [3.63, 3.8) is 0 Å². The molecule has 12 heteroatoms. The van der Waals surface area contributed by atoms with E-state index in [-0.39, 0.29) is 28.8 Å². The zero-order valence-electron chi connectivity index (χ0n) is 16.6. The highest BCUT2D eigenvalue weighted by Crippen LogP contribution is 2.51. The number of carbonyl (C=O) groups is 4. The van der Waals surface area contributed by atoms with Crippen LogP contribution in [0.2, 0.25) is 0 Å². The lowest BCUT2D eigenvalue weighted by molar-refractivity contribution is -0.159. The Hall–Kier alpha value is -2.21. The summed E-state index contributed by atoms with van der Waals surface area (Å²) >= 11 is 1.33. The van der Waals surface area contributed by atoms with Crippen molar-refractivity contribution in [1.29, 1.82) is 0 Å². The van der Waals surface area contributed by atoms with Gasteiger partial charge in [0.15, 0.2) is 0 Å². The SMILES string of the molecule is CNC(=O)[C@@H]1C[C@H](SC2=C(C(=O)O)N3C(=O)[C@H](C(C)NC(=O)C(F)F)[C@H]3[C@H]2C)CN1. The molecule has 2 saturated heterocycles. The van der Waals surface area contributed by atoms with E-state index in [2.05, 4.69) is 16.0 Å². The first kappa shape index (κ1) is 22.5. The fraction of sp³-hybridized carbons (Fsp3) is 0.667. The van der Waals surface area contributed by atoms with E-state index < -0.39 is 42.2 Å². The first-order valence-corrected chi connectivity index (χ1v) is 10.5. The number of carboxylic acid groups (broad SMARTS) is 1. The van der Waals surface area contributed by atoms with Crippen molar-refractivity contribution in [1.82, 2.24) is 20.9 Å². The third kappa shape index (κ3) is 3.78. The van der Waals surface area contributed by atoms with Gasteiger partial charge in [0.05, 0.1) is 18.0 Å². The minimum Gasteiger partial charge on any atom is -0.477 e. The number of thioether (sulfide) groups is 1. The number of β-lactam (4-membered cyclic amide) rings is 1. The van der Waals surface area contributed by atoms with Crippen LogP contribution in [0.3, 0.4) is 0 Å². The Morgan fingerprint density at radius 2 is 2.00 bits per heavy atom. The van der Waals surface area contributed by atoms with E-state index in [1.54, 1.807) is 14.0 Å². The number of amides is 3. The van der Waals surface area contributed by atoms with Gasteiger partial charge in [0.1, 0.15) is 5.70 Å². The van der Waals surface area contributed by atoms with E-state index in [0.29, 0.717) is 17.9 Å². The van der Waals surface area contributed by atoms with Crippen molar-refractivity contribution < 1.29 is 33.1 Å². The summed E-state index contributed by atoms with van der Waals surface area (Å²) in [6, 6.07) is -1.75. The zero-order chi connectivity index (χ0) is 22.3. The molecule has 166 valence electrons. The van der Waals surface area contributed by atoms with Crippen molar-refractivity contribution in [3.8, 4) is 0 Å². The molecule has 3 heterocycles. The van der Waals surface area contributed by atoms with E-state index in [4.69, 9.17) is 0 Å². The van der Waals surface area contributed by atoms with E-state index in [0.717, 1.165) is 0 Å². The molecule has 0 bridgehead atoms. The monoisotopic (exact) mass is 446 g/mol. The predicted molar refractivity (Wildman–Crippen MR) is 103 cm³/mol. The van der Waals surface area contributed by atoms with Crippen molar-refractivity contribution in [2.24, 2.45) is 11.8 Å². The van der Waals surface area contributed by atoms with Gasteiger partial charge >= 0.3 is 12.4 Å². The lowest BCUT2D eigenvalue weighted by Gasteiger charge is -2.47. The van der Waals surface area contributed by atoms with Gasteiger partial charge in [-0.3, -0.25) is 14.4 Å². The molecule has 1 unspecified atom stereocenters. The van der Waals surface area contributed by atoms with Crippen LogP contribution >= 0.6 is 11.8 Å². The Balaban J connectivity index is 1.76. The van der Waals surface area contributed by atoms with Gasteiger partial charge < -0.3 is 26.0 Å². The second-order valence-electron chi connectivity index (χ2n) is 7.68. The van der Waals surface area contributed by atoms with Gasteiger partial charge in [0, 0.05) is 35.7 Å². The molecule has 9 nitrogen and oxygen atoms in total. The number of nitrogens with one attached hydrogen (secondary N) is 3. The average molecular weight is 446 g/mol. The molecular weight excluding hydrogens is 422 g/mol. The van der Waals surface area contributed by atoms with Crippen LogP contribution in [0, 0.1) is 11.8 Å². The van der Waals surface area contributed by atoms with Gasteiger partial charge in [-0.05, 0) is 13.3 Å². The van der Waals surface area contributed by atoms with Crippen LogP contribution in [0.1, 0.15) is 20.3 Å². The quantitative estimate of drug-likeness (QED) is 0.397. The molecule has 3 aliphatic rings. The van der Waals surface area contributed by atoms with Crippen LogP contribution < -0.4 is 16.0 Å². The standard InChI is InChI=1S/C18H24F2N4O5S/c1-6-11-10(7(2)23-16(26)14(19)20)17(27)24(11)12(18(28)29)13(6)30-8-4-9(22-5-8)15(25)21-3/h6-11,14,22H,4-5H2,1-3H3,(H,21,25)(H,23,26)(H,28,29)/t6-,7?,8+,9+,10-,11-/m1/s1. The second kappa shape index (κ2) is 8.50. The molecule has 3 rings (SSSR count). The average Bonchev–Trinajstić information content (AvgIpc) is 3.23. The highest BCUT2D eigenvalue weighted by molar-refractivity contribution is 8.03. The number of nitrogens with zero attached hydrogens (tertiary/aromatic N) is 1. The molecule has 2 fully saturated rings. The van der Waals surface area contributed by atoms with Gasteiger partial charge in [-0.1, -0.05) is 6.92 Å². The number of hydrogen-bond acceptors (Lipinski definition) is 6. The largest absolute Gasteiger partial charge is 0.477 e. The number of carbonyl (C=O) groups excluding carboxylic acids is 3. The predicted octanol–water partition coefficient (Wildman–Crippen LogP) is -0.261. The summed E-state index contributed by atoms with van der Waals surface area (Å²) in [4.78, 5) is 49.5. The molecule has 6 atom stereocenters. The highest BCUT2D eigenvalue weighted by atomic mass is 32.2. The highest BCUT2D eigenvalue weighted by Gasteiger charge is 2.60. The molecule has 0 radical (unpaired) electrons. The summed E-state index contributed by atoms with van der Waals surface area (Å²) in [7, 11) is 1.54. The molecule has 4 N–H and O–H groups in total. The summed E-state index contributed by atoms with van der Waals surface area (Å²) in [5.74, 6) is -4.47. The first-order valence-electron chi connectivity index (χ1n) is 9.59. The number of hydrogen-bond donors (Lipinski definition) is 4. The molecule has 30 heavy (non-hydrogen) atoms. The number of aliphatic carboxylic acids is 1. The Labute approximate surface area is 176 Å². The molecule has 0 spiro atoms. The second-order valence-corrected chi connectivity index (χ2v) is 9.02. The van der Waals surface area contributed by atoms with E-state index in [9.17, 15) is 33.1 Å². The Morgan fingerprint density at radius 1 is 1.33 bits per heavy atom. The fourth-order valence-electron chi connectivity index (χ4n) is 4.42. The normalized spacial score (nSPS) is 31.5. The Morgan fingerprint density at radius 3 is 2.57 bits per heavy atom. The number of rotatable bonds is 7. The fourth-order valence-corrected chi connectivity index (χ4v) is 5.90. The number of halogens is 2. The first-order chi connectivity index (χ1) is 14.1. The molecule has 0 saturated carbocycles. The van der Waals surface area contributed by atoms with Crippen LogP contribution in [0.15, 0.2) is 10.6 Å². The van der Waals surface area contributed by atoms with Crippen LogP contribution in [0.4, 0.5) is 8.78 Å². The van der Waals surface area contributed by atoms with Crippen molar-refractivity contribution in [2.75, 3.05) is 13.6 Å². The van der Waals surface area contributed by atoms with E-state index in [1.807, 2.05) is 0 Å². The maximum Gasteiger partial charge on any atom is 0.353 e. The van der Waals surface area contributed by atoms with Crippen molar-refractivity contribution in [2.45, 2.75) is 50.1 Å². The molecule has 0 aromatic rings. The number of likely N-dealkylation sites (N-methyl/N-ethyl adjacent to an activating group) is 1. The number of alkyl halides is 2. The lowest BCUT2D eigenvalue weighted by atomic mass is 9.78. The lowest BCUT2D eigenvalue weighted by Crippen LogP contribution is -2.66. The van der Waals surface area contributed by atoms with E-state index >= 15 is 0 Å². The van der Waals surface area contributed by atoms with Crippen LogP contribution in [0.25, 0.3) is 0 Å². The molecule has 0 aromatic carbocycles. The summed E-state index contributed by atoms with van der Waals surface area (Å²) < 4.78 is 25.1. The molecule has 0 aliphatic carbocycles. The number of carboxylic acids is 1. The summed E-state index contributed by atoms with van der Waals surface area (Å²) in [6.07, 6.45) is -2.68. The van der Waals surface area contributed by atoms with Crippen molar-refractivity contribution in [3.05, 3.63) is 10.6 Å². The third-order valence-corrected chi connectivity index (χ3v) is 7.36.